The largest absolute Gasteiger partial charge is 0.294 e. The smallest absolute Gasteiger partial charge is 0.166 e. The van der Waals surface area contributed by atoms with Crippen molar-refractivity contribution in [3.63, 3.8) is 0 Å². The minimum absolute atomic E-state index is 0.0192. The predicted molar refractivity (Wildman–Crippen MR) is 120 cm³/mol. The van der Waals surface area contributed by atoms with E-state index in [0.29, 0.717) is 17.5 Å². The number of nitrogens with zero attached hydrogens (tertiary/aromatic N) is 1. The van der Waals surface area contributed by atoms with Gasteiger partial charge in [-0.1, -0.05) is 78.9 Å². The van der Waals surface area contributed by atoms with Crippen molar-refractivity contribution in [1.82, 2.24) is 4.98 Å². The van der Waals surface area contributed by atoms with Gasteiger partial charge < -0.3 is 0 Å². The second-order valence-electron chi connectivity index (χ2n) is 7.57. The molecular weight excluding hydrogens is 370 g/mol. The van der Waals surface area contributed by atoms with E-state index in [2.05, 4.69) is 6.07 Å². The van der Waals surface area contributed by atoms with Crippen molar-refractivity contribution in [2.45, 2.75) is 19.8 Å². The van der Waals surface area contributed by atoms with Gasteiger partial charge in [-0.2, -0.15) is 0 Å². The van der Waals surface area contributed by atoms with E-state index >= 15 is 0 Å². The van der Waals surface area contributed by atoms with E-state index in [1.807, 2.05) is 79.7 Å². The normalized spacial score (nSPS) is 11.9. The zero-order valence-electron chi connectivity index (χ0n) is 16.9. The van der Waals surface area contributed by atoms with Crippen LogP contribution in [0.1, 0.15) is 38.4 Å². The lowest BCUT2D eigenvalue weighted by atomic mass is 9.86. The summed E-state index contributed by atoms with van der Waals surface area (Å²) in [6.45, 7) is 2.01. The van der Waals surface area contributed by atoms with Gasteiger partial charge in [-0.15, -0.1) is 0 Å². The van der Waals surface area contributed by atoms with Crippen LogP contribution < -0.4 is 0 Å². The molecule has 0 aliphatic rings. The number of ketones is 2. The summed E-state index contributed by atoms with van der Waals surface area (Å²) in [5, 5.41) is 1.07. The van der Waals surface area contributed by atoms with E-state index in [-0.39, 0.29) is 18.0 Å². The molecular formula is C27H23NO2. The van der Waals surface area contributed by atoms with Crippen LogP contribution in [0.5, 0.6) is 0 Å². The van der Waals surface area contributed by atoms with Gasteiger partial charge in [-0.3, -0.25) is 14.6 Å². The summed E-state index contributed by atoms with van der Waals surface area (Å²) in [5.41, 5.74) is 4.06. The number of Topliss-reactive ketones (excluding diaryl/α,β-unsaturated/α-hetero) is 2. The number of para-hydroxylation sites is 1. The lowest BCUT2D eigenvalue weighted by molar-refractivity contribution is 0.0851. The quantitative estimate of drug-likeness (QED) is 0.370. The summed E-state index contributed by atoms with van der Waals surface area (Å²) in [7, 11) is 0. The minimum atomic E-state index is -0.465. The zero-order chi connectivity index (χ0) is 20.9. The molecule has 0 fully saturated rings. The summed E-state index contributed by atoms with van der Waals surface area (Å²) in [5.74, 6) is -0.509. The molecule has 3 heteroatoms. The average Bonchev–Trinajstić information content (AvgIpc) is 2.79. The predicted octanol–water partition coefficient (Wildman–Crippen LogP) is 5.86. The van der Waals surface area contributed by atoms with E-state index in [4.69, 9.17) is 4.98 Å². The van der Waals surface area contributed by atoms with Crippen LogP contribution in [0, 0.1) is 12.8 Å². The van der Waals surface area contributed by atoms with Crippen molar-refractivity contribution in [3.05, 3.63) is 113 Å². The first-order valence-electron chi connectivity index (χ1n) is 10.1. The molecule has 3 aromatic carbocycles. The highest BCUT2D eigenvalue weighted by molar-refractivity contribution is 6.03. The molecule has 0 aliphatic heterocycles. The first-order chi connectivity index (χ1) is 14.6. The first-order valence-corrected chi connectivity index (χ1v) is 10.1. The molecule has 30 heavy (non-hydrogen) atoms. The fourth-order valence-electron chi connectivity index (χ4n) is 3.76. The van der Waals surface area contributed by atoms with Gasteiger partial charge in [-0.25, -0.2) is 0 Å². The lowest BCUT2D eigenvalue weighted by Crippen LogP contribution is -2.22. The molecule has 1 atom stereocenters. The topological polar surface area (TPSA) is 47.0 Å². The molecule has 148 valence electrons. The van der Waals surface area contributed by atoms with Crippen LogP contribution in [0.15, 0.2) is 91.0 Å². The standard InChI is InChI=1S/C27H23NO2/c1-19-16-22-14-8-9-15-24(22)28-25(19)17-23(27(30)21-12-6-3-7-13-21)18-26(29)20-10-4-2-5-11-20/h2-16,23H,17-18H2,1H3. The Bertz CT molecular complexity index is 1180. The fourth-order valence-corrected chi connectivity index (χ4v) is 3.76. The first kappa shape index (κ1) is 19.7. The highest BCUT2D eigenvalue weighted by atomic mass is 16.1. The van der Waals surface area contributed by atoms with Gasteiger partial charge in [0.1, 0.15) is 0 Å². The van der Waals surface area contributed by atoms with Crippen LogP contribution in [0.2, 0.25) is 0 Å². The van der Waals surface area contributed by atoms with Gasteiger partial charge in [0.05, 0.1) is 5.52 Å². The maximum Gasteiger partial charge on any atom is 0.166 e. The number of rotatable bonds is 7. The molecule has 0 saturated heterocycles. The number of carbonyl (C=O) groups excluding carboxylic acids is 2. The van der Waals surface area contributed by atoms with Crippen LogP contribution in [0.4, 0.5) is 0 Å². The van der Waals surface area contributed by atoms with Crippen molar-refractivity contribution in [3.8, 4) is 0 Å². The second-order valence-corrected chi connectivity index (χ2v) is 7.57. The molecule has 0 N–H and O–H groups in total. The molecule has 1 aromatic heterocycles. The third-order valence-corrected chi connectivity index (χ3v) is 5.42. The highest BCUT2D eigenvalue weighted by Gasteiger charge is 2.25. The Labute approximate surface area is 176 Å². The van der Waals surface area contributed by atoms with E-state index < -0.39 is 5.92 Å². The summed E-state index contributed by atoms with van der Waals surface area (Å²) in [4.78, 5) is 31.0. The van der Waals surface area contributed by atoms with Crippen molar-refractivity contribution in [2.75, 3.05) is 0 Å². The molecule has 0 bridgehead atoms. The van der Waals surface area contributed by atoms with Crippen LogP contribution in [0.3, 0.4) is 0 Å². The van der Waals surface area contributed by atoms with Gasteiger partial charge in [-0.05, 0) is 24.6 Å². The molecule has 3 nitrogen and oxygen atoms in total. The SMILES string of the molecule is Cc1cc2ccccc2nc1CC(CC(=O)c1ccccc1)C(=O)c1ccccc1. The number of benzene rings is 3. The number of aromatic nitrogens is 1. The lowest BCUT2D eigenvalue weighted by Gasteiger charge is -2.17. The minimum Gasteiger partial charge on any atom is -0.294 e. The third kappa shape index (κ3) is 4.36. The summed E-state index contributed by atoms with van der Waals surface area (Å²) in [6.07, 6.45) is 0.592. The maximum absolute atomic E-state index is 13.3. The van der Waals surface area contributed by atoms with Crippen LogP contribution in [-0.4, -0.2) is 16.6 Å². The fraction of sp³-hybridized carbons (Fsp3) is 0.148. The highest BCUT2D eigenvalue weighted by Crippen LogP contribution is 2.24. The molecule has 0 aliphatic carbocycles. The Morgan fingerprint density at radius 3 is 2.10 bits per heavy atom. The van der Waals surface area contributed by atoms with E-state index in [1.165, 1.54) is 0 Å². The molecule has 1 heterocycles. The second kappa shape index (κ2) is 8.83. The van der Waals surface area contributed by atoms with Gasteiger partial charge in [0.15, 0.2) is 11.6 Å². The average molecular weight is 393 g/mol. The Kier molecular flexibility index (Phi) is 5.80. The number of aryl methyl sites for hydroxylation is 1. The molecule has 0 saturated carbocycles. The number of pyridine rings is 1. The van der Waals surface area contributed by atoms with Gasteiger partial charge in [0.25, 0.3) is 0 Å². The summed E-state index contributed by atoms with van der Waals surface area (Å²) >= 11 is 0. The van der Waals surface area contributed by atoms with Gasteiger partial charge in [0, 0.05) is 41.0 Å². The van der Waals surface area contributed by atoms with E-state index in [9.17, 15) is 9.59 Å². The molecule has 0 radical (unpaired) electrons. The third-order valence-electron chi connectivity index (χ3n) is 5.42. The summed E-state index contributed by atoms with van der Waals surface area (Å²) in [6, 6.07) is 28.4. The van der Waals surface area contributed by atoms with E-state index in [1.54, 1.807) is 12.1 Å². The molecule has 4 aromatic rings. The Balaban J connectivity index is 1.67. The summed E-state index contributed by atoms with van der Waals surface area (Å²) < 4.78 is 0. The Morgan fingerprint density at radius 1 is 0.800 bits per heavy atom. The number of hydrogen-bond donors (Lipinski definition) is 0. The Hall–Kier alpha value is -3.59. The molecule has 0 amide bonds. The van der Waals surface area contributed by atoms with Crippen molar-refractivity contribution in [2.24, 2.45) is 5.92 Å². The van der Waals surface area contributed by atoms with Crippen LogP contribution in [0.25, 0.3) is 10.9 Å². The van der Waals surface area contributed by atoms with Crippen molar-refractivity contribution < 1.29 is 9.59 Å². The van der Waals surface area contributed by atoms with Crippen LogP contribution >= 0.6 is 0 Å². The monoisotopic (exact) mass is 393 g/mol. The van der Waals surface area contributed by atoms with Crippen LogP contribution in [-0.2, 0) is 6.42 Å². The molecule has 0 spiro atoms. The zero-order valence-corrected chi connectivity index (χ0v) is 16.9. The number of carbonyl (C=O) groups is 2. The van der Waals surface area contributed by atoms with Gasteiger partial charge >= 0.3 is 0 Å². The van der Waals surface area contributed by atoms with Crippen molar-refractivity contribution in [1.29, 1.82) is 0 Å². The number of hydrogen-bond acceptors (Lipinski definition) is 3. The van der Waals surface area contributed by atoms with Crippen molar-refractivity contribution >= 4 is 22.5 Å². The maximum atomic E-state index is 13.3. The Morgan fingerprint density at radius 2 is 1.40 bits per heavy atom. The number of fused-ring (bicyclic) bond motifs is 1. The molecule has 1 unspecified atom stereocenters. The van der Waals surface area contributed by atoms with E-state index in [0.717, 1.165) is 22.2 Å². The van der Waals surface area contributed by atoms with Gasteiger partial charge in [0.2, 0.25) is 0 Å². The molecule has 4 rings (SSSR count).